The summed E-state index contributed by atoms with van der Waals surface area (Å²) in [5.41, 5.74) is 1.56. The highest BCUT2D eigenvalue weighted by Gasteiger charge is 2.28. The van der Waals surface area contributed by atoms with Crippen molar-refractivity contribution in [2.24, 2.45) is 0 Å². The first-order chi connectivity index (χ1) is 12.1. The Kier molecular flexibility index (Phi) is 3.93. The van der Waals surface area contributed by atoms with Gasteiger partial charge in [0.15, 0.2) is 5.82 Å². The minimum absolute atomic E-state index is 0.184. The summed E-state index contributed by atoms with van der Waals surface area (Å²) in [5.74, 6) is 0.0151. The molecule has 1 atom stereocenters. The molecule has 128 valence electrons. The minimum Gasteiger partial charge on any atom is -0.367 e. The monoisotopic (exact) mass is 340 g/mol. The predicted molar refractivity (Wildman–Crippen MR) is 89.6 cm³/mol. The van der Waals surface area contributed by atoms with Gasteiger partial charge in [0.2, 0.25) is 0 Å². The molecule has 1 aromatic carbocycles. The number of benzene rings is 1. The Morgan fingerprint density at radius 3 is 3.08 bits per heavy atom. The van der Waals surface area contributed by atoms with E-state index in [2.05, 4.69) is 15.0 Å². The van der Waals surface area contributed by atoms with Crippen molar-refractivity contribution in [2.75, 3.05) is 19.7 Å². The van der Waals surface area contributed by atoms with E-state index in [1.165, 1.54) is 6.07 Å². The van der Waals surface area contributed by atoms with Crippen molar-refractivity contribution in [3.8, 4) is 0 Å². The predicted octanol–water partition coefficient (Wildman–Crippen LogP) is 2.62. The summed E-state index contributed by atoms with van der Waals surface area (Å²) in [6.07, 6.45) is 1.32. The van der Waals surface area contributed by atoms with Crippen molar-refractivity contribution in [1.29, 1.82) is 0 Å². The molecule has 1 fully saturated rings. The number of H-pyrrole nitrogens is 1. The van der Waals surface area contributed by atoms with Crippen LogP contribution in [0.3, 0.4) is 0 Å². The van der Waals surface area contributed by atoms with Crippen LogP contribution >= 0.6 is 0 Å². The number of aromatic nitrogens is 3. The Hall–Kier alpha value is -2.80. The molecule has 7 heteroatoms. The van der Waals surface area contributed by atoms with Crippen LogP contribution in [0.25, 0.3) is 10.9 Å². The number of rotatable bonds is 2. The lowest BCUT2D eigenvalue weighted by atomic mass is 10.2. The summed E-state index contributed by atoms with van der Waals surface area (Å²) in [6, 6.07) is 8.25. The molecule has 2 aromatic heterocycles. The van der Waals surface area contributed by atoms with Crippen molar-refractivity contribution in [3.05, 3.63) is 59.6 Å². The van der Waals surface area contributed by atoms with Crippen LogP contribution in [0, 0.1) is 12.7 Å². The van der Waals surface area contributed by atoms with Gasteiger partial charge in [-0.2, -0.15) is 0 Å². The van der Waals surface area contributed by atoms with Crippen LogP contribution in [0.15, 0.2) is 36.5 Å². The summed E-state index contributed by atoms with van der Waals surface area (Å²) in [4.78, 5) is 26.0. The number of aromatic amines is 1. The van der Waals surface area contributed by atoms with E-state index in [1.807, 2.05) is 13.0 Å². The van der Waals surface area contributed by atoms with Gasteiger partial charge in [0, 0.05) is 23.8 Å². The number of carbonyl (C=O) groups excluding carboxylic acids is 1. The molecule has 1 aliphatic heterocycles. The molecule has 0 aliphatic carbocycles. The van der Waals surface area contributed by atoms with Crippen molar-refractivity contribution in [2.45, 2.75) is 13.0 Å². The summed E-state index contributed by atoms with van der Waals surface area (Å²) in [6.45, 7) is 3.12. The standard InChI is InChI=1S/C18H17FN4O2/c1-11-5-6-20-17(21-11)15-10-23(7-8-25-15)18(24)14-9-12-3-2-4-13(19)16(12)22-14/h2-6,9,15,22H,7-8,10H2,1H3. The van der Waals surface area contributed by atoms with E-state index in [0.717, 1.165) is 5.69 Å². The second-order valence-electron chi connectivity index (χ2n) is 6.05. The summed E-state index contributed by atoms with van der Waals surface area (Å²) in [5, 5.41) is 0.676. The molecule has 0 radical (unpaired) electrons. The van der Waals surface area contributed by atoms with Gasteiger partial charge in [0.25, 0.3) is 5.91 Å². The molecule has 25 heavy (non-hydrogen) atoms. The van der Waals surface area contributed by atoms with Gasteiger partial charge in [-0.25, -0.2) is 14.4 Å². The molecular formula is C18H17FN4O2. The fraction of sp³-hybridized carbons (Fsp3) is 0.278. The number of nitrogens with one attached hydrogen (secondary N) is 1. The largest absolute Gasteiger partial charge is 0.367 e. The number of aryl methyl sites for hydroxylation is 1. The maximum atomic E-state index is 13.8. The van der Waals surface area contributed by atoms with Crippen LogP contribution in [-0.2, 0) is 4.74 Å². The zero-order valence-corrected chi connectivity index (χ0v) is 13.7. The molecule has 1 amide bonds. The van der Waals surface area contributed by atoms with Gasteiger partial charge in [0.1, 0.15) is 17.6 Å². The quantitative estimate of drug-likeness (QED) is 0.778. The number of fused-ring (bicyclic) bond motifs is 1. The van der Waals surface area contributed by atoms with Crippen LogP contribution in [0.4, 0.5) is 4.39 Å². The van der Waals surface area contributed by atoms with Gasteiger partial charge >= 0.3 is 0 Å². The highest BCUT2D eigenvalue weighted by Crippen LogP contribution is 2.23. The highest BCUT2D eigenvalue weighted by atomic mass is 19.1. The number of halogens is 1. The molecule has 0 saturated carbocycles. The lowest BCUT2D eigenvalue weighted by molar-refractivity contribution is -0.0270. The van der Waals surface area contributed by atoms with Crippen molar-refractivity contribution in [1.82, 2.24) is 19.9 Å². The molecular weight excluding hydrogens is 323 g/mol. The van der Waals surface area contributed by atoms with E-state index in [4.69, 9.17) is 4.74 Å². The van der Waals surface area contributed by atoms with E-state index >= 15 is 0 Å². The number of amides is 1. The average Bonchev–Trinajstić information content (AvgIpc) is 3.07. The number of carbonyl (C=O) groups is 1. The number of hydrogen-bond acceptors (Lipinski definition) is 4. The Morgan fingerprint density at radius 1 is 1.40 bits per heavy atom. The summed E-state index contributed by atoms with van der Waals surface area (Å²) >= 11 is 0. The second-order valence-corrected chi connectivity index (χ2v) is 6.05. The number of morpholine rings is 1. The molecule has 3 heterocycles. The van der Waals surface area contributed by atoms with Gasteiger partial charge in [-0.15, -0.1) is 0 Å². The number of hydrogen-bond donors (Lipinski definition) is 1. The first-order valence-corrected chi connectivity index (χ1v) is 8.09. The minimum atomic E-state index is -0.371. The zero-order valence-electron chi connectivity index (χ0n) is 13.7. The molecule has 1 saturated heterocycles. The molecule has 6 nitrogen and oxygen atoms in total. The van der Waals surface area contributed by atoms with Gasteiger partial charge in [-0.1, -0.05) is 12.1 Å². The first-order valence-electron chi connectivity index (χ1n) is 8.09. The topological polar surface area (TPSA) is 71.1 Å². The lowest BCUT2D eigenvalue weighted by Crippen LogP contribution is -2.42. The van der Waals surface area contributed by atoms with Crippen molar-refractivity contribution in [3.63, 3.8) is 0 Å². The van der Waals surface area contributed by atoms with E-state index in [9.17, 15) is 9.18 Å². The SMILES string of the molecule is Cc1ccnc(C2CN(C(=O)c3cc4cccc(F)c4[nH]3)CCO2)n1. The van der Waals surface area contributed by atoms with Crippen LogP contribution in [0.1, 0.15) is 28.1 Å². The van der Waals surface area contributed by atoms with Crippen LogP contribution in [0.5, 0.6) is 0 Å². The second kappa shape index (κ2) is 6.25. The van der Waals surface area contributed by atoms with Crippen LogP contribution < -0.4 is 0 Å². The molecule has 3 aromatic rings. The maximum Gasteiger partial charge on any atom is 0.270 e. The van der Waals surface area contributed by atoms with E-state index in [1.54, 1.807) is 29.3 Å². The Balaban J connectivity index is 1.57. The first kappa shape index (κ1) is 15.7. The van der Waals surface area contributed by atoms with Gasteiger partial charge in [-0.3, -0.25) is 4.79 Å². The fourth-order valence-corrected chi connectivity index (χ4v) is 3.02. The summed E-state index contributed by atoms with van der Waals surface area (Å²) < 4.78 is 19.6. The number of nitrogens with zero attached hydrogens (tertiary/aromatic N) is 3. The Labute approximate surface area is 143 Å². The van der Waals surface area contributed by atoms with Gasteiger partial charge < -0.3 is 14.6 Å². The van der Waals surface area contributed by atoms with Crippen molar-refractivity contribution < 1.29 is 13.9 Å². The third kappa shape index (κ3) is 2.98. The average molecular weight is 340 g/mol. The van der Waals surface area contributed by atoms with Crippen molar-refractivity contribution >= 4 is 16.8 Å². The third-order valence-corrected chi connectivity index (χ3v) is 4.29. The van der Waals surface area contributed by atoms with E-state index < -0.39 is 0 Å². The smallest absolute Gasteiger partial charge is 0.270 e. The molecule has 0 spiro atoms. The molecule has 4 rings (SSSR count). The lowest BCUT2D eigenvalue weighted by Gasteiger charge is -2.32. The van der Waals surface area contributed by atoms with Crippen LogP contribution in [-0.4, -0.2) is 45.5 Å². The normalized spacial score (nSPS) is 17.8. The van der Waals surface area contributed by atoms with Gasteiger partial charge in [0.05, 0.1) is 18.7 Å². The Morgan fingerprint density at radius 2 is 2.28 bits per heavy atom. The molecule has 0 bridgehead atoms. The van der Waals surface area contributed by atoms with E-state index in [-0.39, 0.29) is 17.8 Å². The maximum absolute atomic E-state index is 13.8. The molecule has 1 N–H and O–H groups in total. The molecule has 1 aliphatic rings. The number of para-hydroxylation sites is 1. The van der Waals surface area contributed by atoms with Crippen LogP contribution in [0.2, 0.25) is 0 Å². The number of ether oxygens (including phenoxy) is 1. The van der Waals surface area contributed by atoms with E-state index in [0.29, 0.717) is 42.1 Å². The van der Waals surface area contributed by atoms with Gasteiger partial charge in [-0.05, 0) is 25.1 Å². The Bertz CT molecular complexity index is 940. The zero-order chi connectivity index (χ0) is 17.4. The highest BCUT2D eigenvalue weighted by molar-refractivity contribution is 5.98. The molecule has 1 unspecified atom stereocenters. The fourth-order valence-electron chi connectivity index (χ4n) is 3.02. The summed E-state index contributed by atoms with van der Waals surface area (Å²) in [7, 11) is 0. The third-order valence-electron chi connectivity index (χ3n) is 4.29.